The first-order valence-corrected chi connectivity index (χ1v) is 8.11. The molecule has 1 aromatic heterocycles. The Balaban J connectivity index is 1.82. The lowest BCUT2D eigenvalue weighted by Crippen LogP contribution is -1.85. The van der Waals surface area contributed by atoms with Crippen molar-refractivity contribution in [2.24, 2.45) is 0 Å². The molecule has 0 saturated carbocycles. The summed E-state index contributed by atoms with van der Waals surface area (Å²) in [5.41, 5.74) is 4.53. The summed E-state index contributed by atoms with van der Waals surface area (Å²) in [6, 6.07) is 19.3. The minimum Gasteiger partial charge on any atom is -0.455 e. The van der Waals surface area contributed by atoms with Gasteiger partial charge in [0.2, 0.25) is 0 Å². The van der Waals surface area contributed by atoms with Crippen molar-refractivity contribution in [1.82, 2.24) is 0 Å². The van der Waals surface area contributed by atoms with E-state index in [1.807, 2.05) is 0 Å². The summed E-state index contributed by atoms with van der Waals surface area (Å²) in [6.07, 6.45) is 9.06. The molecule has 0 amide bonds. The third-order valence-corrected chi connectivity index (χ3v) is 4.69. The molecule has 0 aliphatic heterocycles. The number of benzene rings is 3. The van der Waals surface area contributed by atoms with Crippen molar-refractivity contribution >= 4 is 38.3 Å². The Kier molecular flexibility index (Phi) is 2.68. The average molecular weight is 296 g/mol. The van der Waals surface area contributed by atoms with E-state index in [2.05, 4.69) is 72.8 Å². The van der Waals surface area contributed by atoms with Crippen LogP contribution < -0.4 is 0 Å². The maximum absolute atomic E-state index is 6.17. The molecule has 1 aliphatic rings. The zero-order valence-corrected chi connectivity index (χ0v) is 12.8. The molecule has 1 aliphatic carbocycles. The molecular formula is C22H16O. The summed E-state index contributed by atoms with van der Waals surface area (Å²) in [5.74, 6) is 0. The molecule has 1 heteroatoms. The quantitative estimate of drug-likeness (QED) is 0.392. The largest absolute Gasteiger partial charge is 0.455 e. The van der Waals surface area contributed by atoms with Crippen LogP contribution in [0.15, 0.2) is 77.2 Å². The van der Waals surface area contributed by atoms with Gasteiger partial charge in [0, 0.05) is 16.2 Å². The van der Waals surface area contributed by atoms with Gasteiger partial charge < -0.3 is 4.42 Å². The smallest absolute Gasteiger partial charge is 0.143 e. The van der Waals surface area contributed by atoms with E-state index in [0.29, 0.717) is 0 Å². The molecule has 4 aromatic rings. The molecule has 23 heavy (non-hydrogen) atoms. The normalized spacial score (nSPS) is 14.7. The van der Waals surface area contributed by atoms with Crippen molar-refractivity contribution in [2.45, 2.75) is 12.8 Å². The summed E-state index contributed by atoms with van der Waals surface area (Å²) in [4.78, 5) is 0. The Morgan fingerprint density at radius 1 is 0.783 bits per heavy atom. The van der Waals surface area contributed by atoms with Gasteiger partial charge in [0.25, 0.3) is 0 Å². The van der Waals surface area contributed by atoms with Crippen LogP contribution in [-0.2, 0) is 0 Å². The van der Waals surface area contributed by atoms with Gasteiger partial charge in [-0.3, -0.25) is 0 Å². The highest BCUT2D eigenvalue weighted by molar-refractivity contribution is 6.15. The molecule has 0 N–H and O–H groups in total. The Morgan fingerprint density at radius 2 is 1.74 bits per heavy atom. The predicted molar refractivity (Wildman–Crippen MR) is 97.6 cm³/mol. The highest BCUT2D eigenvalue weighted by Gasteiger charge is 2.11. The van der Waals surface area contributed by atoms with E-state index in [1.165, 1.54) is 32.7 Å². The average Bonchev–Trinajstić information content (AvgIpc) is 3.01. The lowest BCUT2D eigenvalue weighted by atomic mass is 9.97. The van der Waals surface area contributed by atoms with Crippen LogP contribution in [0.1, 0.15) is 18.4 Å². The van der Waals surface area contributed by atoms with E-state index in [-0.39, 0.29) is 0 Å². The molecule has 0 fully saturated rings. The summed E-state index contributed by atoms with van der Waals surface area (Å²) in [7, 11) is 0. The Labute approximate surface area is 134 Å². The van der Waals surface area contributed by atoms with Crippen LogP contribution >= 0.6 is 0 Å². The highest BCUT2D eigenvalue weighted by atomic mass is 16.3. The van der Waals surface area contributed by atoms with Crippen LogP contribution in [0.4, 0.5) is 0 Å². The van der Waals surface area contributed by atoms with Crippen LogP contribution in [0.2, 0.25) is 0 Å². The molecule has 5 rings (SSSR count). The van der Waals surface area contributed by atoms with Crippen LogP contribution in [-0.4, -0.2) is 0 Å². The fraction of sp³-hybridized carbons (Fsp3) is 0.0909. The van der Waals surface area contributed by atoms with Gasteiger partial charge in [0.15, 0.2) is 0 Å². The van der Waals surface area contributed by atoms with E-state index in [9.17, 15) is 0 Å². The summed E-state index contributed by atoms with van der Waals surface area (Å²) in [6.45, 7) is 0. The van der Waals surface area contributed by atoms with Gasteiger partial charge in [0.1, 0.15) is 11.2 Å². The molecule has 0 bridgehead atoms. The fourth-order valence-electron chi connectivity index (χ4n) is 3.51. The van der Waals surface area contributed by atoms with Crippen molar-refractivity contribution in [3.63, 3.8) is 0 Å². The van der Waals surface area contributed by atoms with Crippen molar-refractivity contribution in [2.75, 3.05) is 0 Å². The monoisotopic (exact) mass is 296 g/mol. The Bertz CT molecular complexity index is 1110. The zero-order valence-electron chi connectivity index (χ0n) is 12.8. The molecular weight excluding hydrogens is 280 g/mol. The molecule has 0 spiro atoms. The summed E-state index contributed by atoms with van der Waals surface area (Å²) in [5, 5.41) is 4.79. The van der Waals surface area contributed by atoms with Gasteiger partial charge in [-0.05, 0) is 47.6 Å². The van der Waals surface area contributed by atoms with E-state index >= 15 is 0 Å². The molecule has 0 radical (unpaired) electrons. The predicted octanol–water partition coefficient (Wildman–Crippen LogP) is 6.47. The maximum Gasteiger partial charge on any atom is 0.143 e. The van der Waals surface area contributed by atoms with Crippen LogP contribution in [0, 0.1) is 0 Å². The number of rotatable bonds is 1. The highest BCUT2D eigenvalue weighted by Crippen LogP contribution is 2.35. The van der Waals surface area contributed by atoms with Crippen molar-refractivity contribution in [3.05, 3.63) is 78.4 Å². The van der Waals surface area contributed by atoms with Crippen molar-refractivity contribution < 1.29 is 4.42 Å². The maximum atomic E-state index is 6.17. The molecule has 0 atom stereocenters. The second-order valence-corrected chi connectivity index (χ2v) is 6.12. The second-order valence-electron chi connectivity index (χ2n) is 6.12. The summed E-state index contributed by atoms with van der Waals surface area (Å²) >= 11 is 0. The minimum absolute atomic E-state index is 0.959. The topological polar surface area (TPSA) is 13.1 Å². The van der Waals surface area contributed by atoms with Crippen LogP contribution in [0.25, 0.3) is 38.3 Å². The van der Waals surface area contributed by atoms with E-state index < -0.39 is 0 Å². The summed E-state index contributed by atoms with van der Waals surface area (Å²) < 4.78 is 6.17. The number of hydrogen-bond donors (Lipinski definition) is 0. The molecule has 0 saturated heterocycles. The van der Waals surface area contributed by atoms with Gasteiger partial charge in [-0.1, -0.05) is 54.6 Å². The number of fused-ring (bicyclic) bond motifs is 5. The fourth-order valence-corrected chi connectivity index (χ4v) is 3.51. The molecule has 1 heterocycles. The van der Waals surface area contributed by atoms with Gasteiger partial charge in [-0.15, -0.1) is 0 Å². The first kappa shape index (κ1) is 12.7. The minimum atomic E-state index is 0.959. The first-order chi connectivity index (χ1) is 11.4. The van der Waals surface area contributed by atoms with Crippen molar-refractivity contribution in [1.29, 1.82) is 0 Å². The number of furan rings is 1. The molecule has 110 valence electrons. The molecule has 3 aromatic carbocycles. The van der Waals surface area contributed by atoms with Gasteiger partial charge in [-0.25, -0.2) is 0 Å². The van der Waals surface area contributed by atoms with Gasteiger partial charge >= 0.3 is 0 Å². The molecule has 0 unspecified atom stereocenters. The number of hydrogen-bond acceptors (Lipinski definition) is 1. The second kappa shape index (κ2) is 4.85. The lowest BCUT2D eigenvalue weighted by Gasteiger charge is -2.07. The SMILES string of the molecule is C1=CC(c2ccc3oc4c5ccccc5ccc4c3c2)=CCC1. The lowest BCUT2D eigenvalue weighted by molar-refractivity contribution is 0.672. The van der Waals surface area contributed by atoms with Gasteiger partial charge in [-0.2, -0.15) is 0 Å². The van der Waals surface area contributed by atoms with Crippen LogP contribution in [0.3, 0.4) is 0 Å². The first-order valence-electron chi connectivity index (χ1n) is 8.11. The van der Waals surface area contributed by atoms with Gasteiger partial charge in [0.05, 0.1) is 0 Å². The zero-order chi connectivity index (χ0) is 15.2. The van der Waals surface area contributed by atoms with Crippen molar-refractivity contribution in [3.8, 4) is 0 Å². The van der Waals surface area contributed by atoms with E-state index in [0.717, 1.165) is 24.0 Å². The van der Waals surface area contributed by atoms with E-state index in [1.54, 1.807) is 0 Å². The third-order valence-electron chi connectivity index (χ3n) is 4.69. The van der Waals surface area contributed by atoms with E-state index in [4.69, 9.17) is 4.42 Å². The third kappa shape index (κ3) is 1.93. The Morgan fingerprint density at radius 3 is 2.65 bits per heavy atom. The van der Waals surface area contributed by atoms with Crippen LogP contribution in [0.5, 0.6) is 0 Å². The Hall–Kier alpha value is -2.80. The standard InChI is InChI=1S/C22H16O/c1-2-6-15(7-3-1)17-11-13-21-20(14-17)19-12-10-16-8-4-5-9-18(16)22(19)23-21/h2,4-14H,1,3H2. The molecule has 1 nitrogen and oxygen atoms in total. The number of allylic oxidation sites excluding steroid dienone is 4.